The number of allylic oxidation sites excluding steroid dienone is 1. The van der Waals surface area contributed by atoms with Crippen molar-refractivity contribution in [1.82, 2.24) is 9.88 Å². The number of aliphatic hydroxyl groups is 1. The van der Waals surface area contributed by atoms with E-state index in [1.807, 2.05) is 37.3 Å². The molecule has 2 aliphatic heterocycles. The molecule has 6 rings (SSSR count). The number of carbonyl (C=O) groups is 1. The zero-order chi connectivity index (χ0) is 25.2. The molecule has 8 heteroatoms. The van der Waals surface area contributed by atoms with E-state index in [1.165, 1.54) is 4.90 Å². The minimum Gasteiger partial charge on any atom is -0.369 e. The molecule has 180 valence electrons. The van der Waals surface area contributed by atoms with E-state index in [9.17, 15) is 18.3 Å². The summed E-state index contributed by atoms with van der Waals surface area (Å²) in [5.74, 6) is -0.202. The number of anilines is 2. The lowest BCUT2D eigenvalue weighted by atomic mass is 10.1. The summed E-state index contributed by atoms with van der Waals surface area (Å²) in [4.78, 5) is 19.4. The zero-order valence-electron chi connectivity index (χ0n) is 19.7. The SMILES string of the molecule is CC1=Cc2cc3nccc(Nc4cc(CN5C(=O)c6ccccc6C5O)ccc4C)c3cc2S1(=O)=O. The number of aromatic nitrogens is 1. The number of sulfone groups is 1. The highest BCUT2D eigenvalue weighted by atomic mass is 32.2. The van der Waals surface area contributed by atoms with Gasteiger partial charge in [0.2, 0.25) is 9.84 Å². The van der Waals surface area contributed by atoms with E-state index < -0.39 is 16.1 Å². The van der Waals surface area contributed by atoms with E-state index in [-0.39, 0.29) is 17.3 Å². The molecule has 0 saturated carbocycles. The summed E-state index contributed by atoms with van der Waals surface area (Å²) in [5, 5.41) is 14.9. The minimum absolute atomic E-state index is 0.202. The highest BCUT2D eigenvalue weighted by molar-refractivity contribution is 7.95. The molecule has 3 heterocycles. The molecule has 2 N–H and O–H groups in total. The van der Waals surface area contributed by atoms with E-state index in [2.05, 4.69) is 10.3 Å². The first-order valence-electron chi connectivity index (χ1n) is 11.5. The third-order valence-electron chi connectivity index (χ3n) is 6.89. The fourth-order valence-electron chi connectivity index (χ4n) is 4.87. The molecule has 3 aromatic carbocycles. The number of aliphatic hydroxyl groups excluding tert-OH is 1. The zero-order valence-corrected chi connectivity index (χ0v) is 20.5. The Balaban J connectivity index is 1.34. The average Bonchev–Trinajstić information content (AvgIpc) is 3.23. The molecular formula is C28H23N3O4S. The predicted octanol–water partition coefficient (Wildman–Crippen LogP) is 5.08. The van der Waals surface area contributed by atoms with E-state index in [1.54, 1.807) is 49.5 Å². The van der Waals surface area contributed by atoms with Gasteiger partial charge in [-0.25, -0.2) is 8.42 Å². The first-order valence-corrected chi connectivity index (χ1v) is 13.0. The smallest absolute Gasteiger partial charge is 0.256 e. The summed E-state index contributed by atoms with van der Waals surface area (Å²) in [5.41, 5.74) is 5.85. The second-order valence-corrected chi connectivity index (χ2v) is 11.3. The van der Waals surface area contributed by atoms with Crippen LogP contribution in [-0.2, 0) is 16.4 Å². The number of fused-ring (bicyclic) bond motifs is 3. The van der Waals surface area contributed by atoms with Crippen molar-refractivity contribution in [2.75, 3.05) is 5.32 Å². The van der Waals surface area contributed by atoms with Crippen LogP contribution in [0.15, 0.2) is 76.7 Å². The van der Waals surface area contributed by atoms with Gasteiger partial charge in [0.05, 0.1) is 10.4 Å². The molecule has 0 saturated heterocycles. The summed E-state index contributed by atoms with van der Waals surface area (Å²) in [6.07, 6.45) is 2.37. The van der Waals surface area contributed by atoms with Crippen LogP contribution >= 0.6 is 0 Å². The molecule has 0 fully saturated rings. The van der Waals surface area contributed by atoms with Crippen molar-refractivity contribution < 1.29 is 18.3 Å². The monoisotopic (exact) mass is 497 g/mol. The van der Waals surface area contributed by atoms with Crippen LogP contribution in [0.5, 0.6) is 0 Å². The number of aryl methyl sites for hydroxylation is 1. The van der Waals surface area contributed by atoms with Crippen LogP contribution in [-0.4, -0.2) is 29.3 Å². The summed E-state index contributed by atoms with van der Waals surface area (Å²) < 4.78 is 25.5. The van der Waals surface area contributed by atoms with Crippen LogP contribution in [0.3, 0.4) is 0 Å². The number of nitrogens with one attached hydrogen (secondary N) is 1. The average molecular weight is 498 g/mol. The Kier molecular flexibility index (Phi) is 5.00. The Labute approximate surface area is 208 Å². The van der Waals surface area contributed by atoms with Gasteiger partial charge in [0.15, 0.2) is 6.23 Å². The van der Waals surface area contributed by atoms with Crippen LogP contribution in [0.2, 0.25) is 0 Å². The van der Waals surface area contributed by atoms with Gasteiger partial charge in [-0.2, -0.15) is 0 Å². The molecule has 2 aliphatic rings. The molecule has 0 radical (unpaired) electrons. The third kappa shape index (κ3) is 3.41. The summed E-state index contributed by atoms with van der Waals surface area (Å²) in [6, 6.07) is 18.2. The molecule has 1 atom stereocenters. The number of nitrogens with zero attached hydrogens (tertiary/aromatic N) is 2. The van der Waals surface area contributed by atoms with Crippen LogP contribution < -0.4 is 5.32 Å². The Morgan fingerprint density at radius 2 is 1.83 bits per heavy atom. The number of pyridine rings is 1. The third-order valence-corrected chi connectivity index (χ3v) is 8.79. The second kappa shape index (κ2) is 8.01. The Morgan fingerprint density at radius 1 is 1.03 bits per heavy atom. The highest BCUT2D eigenvalue weighted by Gasteiger charge is 2.35. The maximum Gasteiger partial charge on any atom is 0.256 e. The molecule has 1 amide bonds. The lowest BCUT2D eigenvalue weighted by Gasteiger charge is -2.22. The van der Waals surface area contributed by atoms with Crippen molar-refractivity contribution in [1.29, 1.82) is 0 Å². The van der Waals surface area contributed by atoms with Crippen LogP contribution in [0, 0.1) is 6.92 Å². The highest BCUT2D eigenvalue weighted by Crippen LogP contribution is 2.38. The van der Waals surface area contributed by atoms with Gasteiger partial charge in [-0.05, 0) is 66.9 Å². The second-order valence-electron chi connectivity index (χ2n) is 9.19. The van der Waals surface area contributed by atoms with Crippen LogP contribution in [0.1, 0.15) is 45.8 Å². The van der Waals surface area contributed by atoms with Crippen molar-refractivity contribution in [3.63, 3.8) is 0 Å². The predicted molar refractivity (Wildman–Crippen MR) is 138 cm³/mol. The number of rotatable bonds is 4. The van der Waals surface area contributed by atoms with Crippen molar-refractivity contribution in [3.05, 3.63) is 99.6 Å². The summed E-state index contributed by atoms with van der Waals surface area (Å²) in [7, 11) is -3.48. The maximum absolute atomic E-state index is 12.9. The van der Waals surface area contributed by atoms with Crippen molar-refractivity contribution in [2.45, 2.75) is 31.5 Å². The first-order chi connectivity index (χ1) is 17.2. The number of hydrogen-bond acceptors (Lipinski definition) is 6. The van der Waals surface area contributed by atoms with Gasteiger partial charge in [0, 0.05) is 45.5 Å². The molecule has 7 nitrogen and oxygen atoms in total. The van der Waals surface area contributed by atoms with E-state index in [4.69, 9.17) is 0 Å². The van der Waals surface area contributed by atoms with E-state index >= 15 is 0 Å². The molecular weight excluding hydrogens is 474 g/mol. The van der Waals surface area contributed by atoms with Gasteiger partial charge in [0.25, 0.3) is 5.91 Å². The van der Waals surface area contributed by atoms with Gasteiger partial charge in [-0.3, -0.25) is 9.78 Å². The topological polar surface area (TPSA) is 99.6 Å². The number of benzene rings is 3. The molecule has 1 aromatic heterocycles. The molecule has 36 heavy (non-hydrogen) atoms. The Bertz CT molecular complexity index is 1730. The molecule has 0 spiro atoms. The largest absolute Gasteiger partial charge is 0.369 e. The fourth-order valence-corrected chi connectivity index (χ4v) is 6.20. The van der Waals surface area contributed by atoms with E-state index in [0.29, 0.717) is 32.5 Å². The quantitative estimate of drug-likeness (QED) is 0.408. The van der Waals surface area contributed by atoms with Gasteiger partial charge in [-0.15, -0.1) is 0 Å². The summed E-state index contributed by atoms with van der Waals surface area (Å²) in [6.45, 7) is 3.82. The number of amides is 1. The van der Waals surface area contributed by atoms with Gasteiger partial charge >= 0.3 is 0 Å². The molecule has 0 aliphatic carbocycles. The van der Waals surface area contributed by atoms with Gasteiger partial charge in [0.1, 0.15) is 0 Å². The minimum atomic E-state index is -3.48. The van der Waals surface area contributed by atoms with Crippen LogP contribution in [0.25, 0.3) is 17.0 Å². The van der Waals surface area contributed by atoms with E-state index in [0.717, 1.165) is 22.5 Å². The molecule has 1 unspecified atom stereocenters. The first kappa shape index (κ1) is 22.5. The Morgan fingerprint density at radius 3 is 2.64 bits per heavy atom. The van der Waals surface area contributed by atoms with Crippen LogP contribution in [0.4, 0.5) is 11.4 Å². The standard InChI is InChI=1S/C28H23N3O4S/c1-16-7-8-18(15-31-27(32)20-5-3-4-6-21(20)28(31)33)12-24(16)30-23-9-10-29-25-13-19-11-17(2)36(34,35)26(19)14-22(23)25/h3-14,27,32H,15H2,1-2H3,(H,29,30). The lowest BCUT2D eigenvalue weighted by molar-refractivity contribution is 0.0137. The van der Waals surface area contributed by atoms with Crippen molar-refractivity contribution in [3.8, 4) is 0 Å². The normalized spacial score (nSPS) is 17.8. The lowest BCUT2D eigenvalue weighted by Crippen LogP contribution is -2.27. The number of carbonyl (C=O) groups excluding carboxylic acids is 1. The number of hydrogen-bond donors (Lipinski definition) is 2. The molecule has 0 bridgehead atoms. The maximum atomic E-state index is 12.9. The summed E-state index contributed by atoms with van der Waals surface area (Å²) >= 11 is 0. The van der Waals surface area contributed by atoms with Crippen molar-refractivity contribution >= 4 is 44.1 Å². The molecule has 4 aromatic rings. The van der Waals surface area contributed by atoms with Crippen molar-refractivity contribution in [2.24, 2.45) is 0 Å². The van der Waals surface area contributed by atoms with Gasteiger partial charge in [-0.1, -0.05) is 30.3 Å². The fraction of sp³-hybridized carbons (Fsp3) is 0.143. The van der Waals surface area contributed by atoms with Gasteiger partial charge < -0.3 is 15.3 Å². The Hall–Kier alpha value is -4.01.